The molecule has 2 aromatic carbocycles. The van der Waals surface area contributed by atoms with Gasteiger partial charge in [0.05, 0.1) is 11.6 Å². The minimum Gasteiger partial charge on any atom is -0.368 e. The fourth-order valence-corrected chi connectivity index (χ4v) is 4.39. The molecule has 8 nitrogen and oxygen atoms in total. The molecule has 33 heavy (non-hydrogen) atoms. The number of hydrogen-bond donors (Lipinski definition) is 1. The van der Waals surface area contributed by atoms with Crippen molar-refractivity contribution >= 4 is 34.1 Å². The number of amides is 1. The Bertz CT molecular complexity index is 1260. The minimum absolute atomic E-state index is 0.0928. The van der Waals surface area contributed by atoms with E-state index in [1.807, 2.05) is 38.1 Å². The second kappa shape index (κ2) is 8.90. The number of para-hydroxylation sites is 2. The van der Waals surface area contributed by atoms with Gasteiger partial charge < -0.3 is 15.1 Å². The summed E-state index contributed by atoms with van der Waals surface area (Å²) in [5.74, 6) is 0.739. The van der Waals surface area contributed by atoms with Crippen LogP contribution in [0.1, 0.15) is 11.1 Å². The molecule has 5 rings (SSSR count). The number of nitrogens with zero attached hydrogens (tertiary/aromatic N) is 6. The van der Waals surface area contributed by atoms with Crippen LogP contribution in [0.15, 0.2) is 61.1 Å². The van der Waals surface area contributed by atoms with Crippen molar-refractivity contribution in [1.29, 1.82) is 0 Å². The number of carbonyl (C=O) groups is 1. The summed E-state index contributed by atoms with van der Waals surface area (Å²) in [7, 11) is 0. The molecule has 8 heteroatoms. The third-order valence-corrected chi connectivity index (χ3v) is 6.15. The monoisotopic (exact) mass is 441 g/mol. The Morgan fingerprint density at radius 3 is 2.33 bits per heavy atom. The van der Waals surface area contributed by atoms with Crippen LogP contribution in [0.5, 0.6) is 0 Å². The Labute approximate surface area is 192 Å². The first-order valence-electron chi connectivity index (χ1n) is 11.2. The summed E-state index contributed by atoms with van der Waals surface area (Å²) in [6.45, 7) is 7.63. The molecule has 1 aliphatic heterocycles. The van der Waals surface area contributed by atoms with Crippen molar-refractivity contribution in [2.24, 2.45) is 0 Å². The molecule has 1 aliphatic rings. The molecule has 0 saturated carbocycles. The molecule has 3 heterocycles. The molecule has 0 bridgehead atoms. The highest BCUT2D eigenvalue weighted by molar-refractivity contribution is 5.93. The van der Waals surface area contributed by atoms with Gasteiger partial charge in [0.25, 0.3) is 0 Å². The number of nitrogens with one attached hydrogen (secondary N) is 1. The number of hydrogen-bond acceptors (Lipinski definition) is 6. The highest BCUT2D eigenvalue weighted by Gasteiger charge is 2.22. The first kappa shape index (κ1) is 20.9. The van der Waals surface area contributed by atoms with Gasteiger partial charge in [-0.1, -0.05) is 36.4 Å². The smallest absolute Gasteiger partial charge is 0.246 e. The maximum atomic E-state index is 12.8. The van der Waals surface area contributed by atoms with Gasteiger partial charge in [-0.25, -0.2) is 14.6 Å². The molecule has 1 amide bonds. The van der Waals surface area contributed by atoms with E-state index in [1.54, 1.807) is 17.2 Å². The summed E-state index contributed by atoms with van der Waals surface area (Å²) < 4.78 is 1.64. The molecule has 0 atom stereocenters. The lowest BCUT2D eigenvalue weighted by atomic mass is 10.1. The van der Waals surface area contributed by atoms with Gasteiger partial charge in [-0.15, -0.1) is 0 Å². The second-order valence-corrected chi connectivity index (χ2v) is 8.36. The molecule has 1 N–H and O–H groups in total. The van der Waals surface area contributed by atoms with E-state index in [1.165, 1.54) is 5.69 Å². The fraction of sp³-hybridized carbons (Fsp3) is 0.280. The summed E-state index contributed by atoms with van der Waals surface area (Å²) in [5.41, 5.74) is 4.83. The first-order chi connectivity index (χ1) is 16.1. The highest BCUT2D eigenvalue weighted by atomic mass is 16.2. The van der Waals surface area contributed by atoms with Crippen LogP contribution >= 0.6 is 0 Å². The summed E-state index contributed by atoms with van der Waals surface area (Å²) in [4.78, 5) is 26.4. The van der Waals surface area contributed by atoms with Crippen molar-refractivity contribution in [3.8, 4) is 0 Å². The maximum absolute atomic E-state index is 12.8. The van der Waals surface area contributed by atoms with E-state index in [4.69, 9.17) is 0 Å². The van der Waals surface area contributed by atoms with Crippen LogP contribution in [0.3, 0.4) is 0 Å². The van der Waals surface area contributed by atoms with Gasteiger partial charge in [-0.2, -0.15) is 5.10 Å². The third kappa shape index (κ3) is 4.24. The zero-order valence-corrected chi connectivity index (χ0v) is 18.9. The Morgan fingerprint density at radius 1 is 0.909 bits per heavy atom. The molecule has 0 radical (unpaired) electrons. The van der Waals surface area contributed by atoms with Gasteiger partial charge in [0.1, 0.15) is 18.7 Å². The number of piperazine rings is 1. The van der Waals surface area contributed by atoms with E-state index in [0.717, 1.165) is 54.2 Å². The summed E-state index contributed by atoms with van der Waals surface area (Å²) in [6.07, 6.45) is 3.32. The average molecular weight is 442 g/mol. The zero-order valence-electron chi connectivity index (χ0n) is 18.9. The SMILES string of the molecule is Cc1cccc(C)c1NC(=O)Cn1ncc2c(N3CCN(c4ccccc4)CC3)ncnc21. The lowest BCUT2D eigenvalue weighted by molar-refractivity contribution is -0.116. The van der Waals surface area contributed by atoms with Crippen LogP contribution in [-0.4, -0.2) is 51.8 Å². The van der Waals surface area contributed by atoms with Gasteiger partial charge in [-0.3, -0.25) is 4.79 Å². The van der Waals surface area contributed by atoms with Crippen LogP contribution in [0.4, 0.5) is 17.2 Å². The van der Waals surface area contributed by atoms with Crippen molar-refractivity contribution in [3.05, 3.63) is 72.2 Å². The van der Waals surface area contributed by atoms with Crippen LogP contribution in [0.25, 0.3) is 11.0 Å². The Hall–Kier alpha value is -3.94. The number of fused-ring (bicyclic) bond motifs is 1. The van der Waals surface area contributed by atoms with Crippen molar-refractivity contribution in [1.82, 2.24) is 19.7 Å². The predicted molar refractivity (Wildman–Crippen MR) is 131 cm³/mol. The van der Waals surface area contributed by atoms with Gasteiger partial charge in [0.15, 0.2) is 5.65 Å². The van der Waals surface area contributed by atoms with E-state index in [0.29, 0.717) is 5.65 Å². The maximum Gasteiger partial charge on any atom is 0.246 e. The normalized spacial score (nSPS) is 14.0. The highest BCUT2D eigenvalue weighted by Crippen LogP contribution is 2.25. The third-order valence-electron chi connectivity index (χ3n) is 6.15. The van der Waals surface area contributed by atoms with Crippen LogP contribution in [0.2, 0.25) is 0 Å². The van der Waals surface area contributed by atoms with Crippen molar-refractivity contribution < 1.29 is 4.79 Å². The summed E-state index contributed by atoms with van der Waals surface area (Å²) >= 11 is 0. The molecular weight excluding hydrogens is 414 g/mol. The summed E-state index contributed by atoms with van der Waals surface area (Å²) in [6, 6.07) is 16.4. The Morgan fingerprint density at radius 2 is 1.61 bits per heavy atom. The Balaban J connectivity index is 1.31. The zero-order chi connectivity index (χ0) is 22.8. The van der Waals surface area contributed by atoms with E-state index >= 15 is 0 Å². The Kier molecular flexibility index (Phi) is 5.64. The topological polar surface area (TPSA) is 79.2 Å². The van der Waals surface area contributed by atoms with Crippen molar-refractivity contribution in [2.75, 3.05) is 41.3 Å². The number of carbonyl (C=O) groups excluding carboxylic acids is 1. The number of anilines is 3. The standard InChI is InChI=1S/C25H27N7O/c1-18-7-6-8-19(2)23(18)29-22(33)16-32-25-21(15-28-32)24(26-17-27-25)31-13-11-30(12-14-31)20-9-4-3-5-10-20/h3-10,15,17H,11-14,16H2,1-2H3,(H,29,33). The number of aromatic nitrogens is 4. The average Bonchev–Trinajstić information content (AvgIpc) is 3.25. The molecule has 168 valence electrons. The molecule has 1 saturated heterocycles. The lowest BCUT2D eigenvalue weighted by Crippen LogP contribution is -2.46. The molecule has 0 spiro atoms. The van der Waals surface area contributed by atoms with Crippen LogP contribution in [0, 0.1) is 13.8 Å². The van der Waals surface area contributed by atoms with E-state index in [9.17, 15) is 4.79 Å². The van der Waals surface area contributed by atoms with Gasteiger partial charge in [-0.05, 0) is 37.1 Å². The second-order valence-electron chi connectivity index (χ2n) is 8.36. The minimum atomic E-state index is -0.131. The van der Waals surface area contributed by atoms with E-state index in [2.05, 4.69) is 54.4 Å². The molecule has 1 fully saturated rings. The van der Waals surface area contributed by atoms with E-state index < -0.39 is 0 Å². The number of aryl methyl sites for hydroxylation is 2. The largest absolute Gasteiger partial charge is 0.368 e. The molecule has 4 aromatic rings. The molecule has 2 aromatic heterocycles. The number of benzene rings is 2. The van der Waals surface area contributed by atoms with Gasteiger partial charge in [0.2, 0.25) is 5.91 Å². The van der Waals surface area contributed by atoms with Gasteiger partial charge >= 0.3 is 0 Å². The fourth-order valence-electron chi connectivity index (χ4n) is 4.39. The predicted octanol–water partition coefficient (Wildman–Crippen LogP) is 3.41. The van der Waals surface area contributed by atoms with Gasteiger partial charge in [0, 0.05) is 37.6 Å². The lowest BCUT2D eigenvalue weighted by Gasteiger charge is -2.36. The van der Waals surface area contributed by atoms with Crippen LogP contribution < -0.4 is 15.1 Å². The molecular formula is C25H27N7O. The van der Waals surface area contributed by atoms with Crippen molar-refractivity contribution in [3.63, 3.8) is 0 Å². The molecule has 0 aliphatic carbocycles. The van der Waals surface area contributed by atoms with Crippen LogP contribution in [-0.2, 0) is 11.3 Å². The quantitative estimate of drug-likeness (QED) is 0.511. The molecule has 0 unspecified atom stereocenters. The summed E-state index contributed by atoms with van der Waals surface area (Å²) in [5, 5.41) is 8.34. The van der Waals surface area contributed by atoms with Crippen molar-refractivity contribution in [2.45, 2.75) is 20.4 Å². The number of rotatable bonds is 5. The van der Waals surface area contributed by atoms with E-state index in [-0.39, 0.29) is 12.5 Å². The first-order valence-corrected chi connectivity index (χ1v) is 11.2.